The molecule has 1 aliphatic rings. The van der Waals surface area contributed by atoms with E-state index in [4.69, 9.17) is 40.3 Å². The van der Waals surface area contributed by atoms with Crippen LogP contribution in [0.5, 0.6) is 17.2 Å². The molecule has 1 aliphatic heterocycles. The normalized spacial score (nSPS) is 14.5. The predicted molar refractivity (Wildman–Crippen MR) is 181 cm³/mol. The lowest BCUT2D eigenvalue weighted by Gasteiger charge is -2.27. The predicted octanol–water partition coefficient (Wildman–Crippen LogP) is 5.83. The molecule has 2 heterocycles. The number of carbonyl (C=O) groups excluding carboxylic acids is 1. The van der Waals surface area contributed by atoms with Crippen molar-refractivity contribution in [2.75, 3.05) is 34.0 Å². The SMILES string of the molecule is CCOc1c(OC)cccc1[C@@H]1C(C(=O)OCCOC)=C(C)N=c2s/c(=C/c3cc(Br)ccc3OCc3ccccc3Cl)c(=O)n21. The Morgan fingerprint density at radius 3 is 2.61 bits per heavy atom. The monoisotopic (exact) mass is 726 g/mol. The first-order chi connectivity index (χ1) is 22.3. The average Bonchev–Trinajstić information content (AvgIpc) is 3.34. The molecule has 4 aromatic rings. The van der Waals surface area contributed by atoms with Gasteiger partial charge in [-0.1, -0.05) is 69.2 Å². The molecule has 0 aliphatic carbocycles. The van der Waals surface area contributed by atoms with Gasteiger partial charge in [0, 0.05) is 33.3 Å². The summed E-state index contributed by atoms with van der Waals surface area (Å²) in [5.74, 6) is 0.851. The highest BCUT2D eigenvalue weighted by Crippen LogP contribution is 2.41. The summed E-state index contributed by atoms with van der Waals surface area (Å²) < 4.78 is 31.1. The van der Waals surface area contributed by atoms with Gasteiger partial charge in [0.1, 0.15) is 25.0 Å². The fourth-order valence-corrected chi connectivity index (χ4v) is 6.66. The van der Waals surface area contributed by atoms with Crippen LogP contribution >= 0.6 is 38.9 Å². The van der Waals surface area contributed by atoms with Gasteiger partial charge >= 0.3 is 5.97 Å². The lowest BCUT2D eigenvalue weighted by Crippen LogP contribution is -2.40. The number of thiazole rings is 1. The summed E-state index contributed by atoms with van der Waals surface area (Å²) in [7, 11) is 3.06. The van der Waals surface area contributed by atoms with Crippen molar-refractivity contribution in [1.29, 1.82) is 0 Å². The molecular formula is C34H32BrClN2O7S. The van der Waals surface area contributed by atoms with Gasteiger partial charge in [-0.3, -0.25) is 9.36 Å². The van der Waals surface area contributed by atoms with E-state index in [0.717, 1.165) is 10.0 Å². The summed E-state index contributed by atoms with van der Waals surface area (Å²) in [4.78, 5) is 33.0. The van der Waals surface area contributed by atoms with Crippen molar-refractivity contribution >= 4 is 50.9 Å². The largest absolute Gasteiger partial charge is 0.493 e. The molecule has 1 aromatic heterocycles. The molecule has 0 saturated carbocycles. The highest BCUT2D eigenvalue weighted by atomic mass is 79.9. The van der Waals surface area contributed by atoms with Crippen molar-refractivity contribution in [3.05, 3.63) is 118 Å². The summed E-state index contributed by atoms with van der Waals surface area (Å²) in [6.45, 7) is 4.43. The molecule has 5 rings (SSSR count). The van der Waals surface area contributed by atoms with Crippen LogP contribution in [0.4, 0.5) is 0 Å². The van der Waals surface area contributed by atoms with Crippen LogP contribution in [0.3, 0.4) is 0 Å². The highest BCUT2D eigenvalue weighted by Gasteiger charge is 2.36. The lowest BCUT2D eigenvalue weighted by atomic mass is 9.94. The summed E-state index contributed by atoms with van der Waals surface area (Å²) in [5, 5.41) is 0.602. The Labute approximate surface area is 283 Å². The Morgan fingerprint density at radius 2 is 1.87 bits per heavy atom. The summed E-state index contributed by atoms with van der Waals surface area (Å²) >= 11 is 11.1. The Hall–Kier alpha value is -3.90. The Bertz CT molecular complexity index is 1970. The Morgan fingerprint density at radius 1 is 1.07 bits per heavy atom. The molecule has 0 fully saturated rings. The van der Waals surface area contributed by atoms with Crippen molar-refractivity contribution in [3.63, 3.8) is 0 Å². The first-order valence-corrected chi connectivity index (χ1v) is 16.4. The number of nitrogens with zero attached hydrogens (tertiary/aromatic N) is 2. The minimum absolute atomic E-state index is 0.0412. The summed E-state index contributed by atoms with van der Waals surface area (Å²) in [6.07, 6.45) is 1.76. The standard InChI is InChI=1S/C34H32BrClN2O7S/c1-5-43-31-24(10-8-12-27(31)42-4)30-29(33(40)44-16-15-41-3)20(2)37-34-38(30)32(39)28(46-34)18-22-17-23(35)13-14-26(22)45-19-21-9-6-7-11-25(21)36/h6-14,17-18,30H,5,15-16,19H2,1-4H3/b28-18+/t30-/m1/s1. The van der Waals surface area contributed by atoms with Crippen LogP contribution < -0.4 is 29.1 Å². The van der Waals surface area contributed by atoms with Crippen LogP contribution in [0.25, 0.3) is 6.08 Å². The maximum Gasteiger partial charge on any atom is 0.338 e. The third-order valence-electron chi connectivity index (χ3n) is 7.17. The molecule has 9 nitrogen and oxygen atoms in total. The fraction of sp³-hybridized carbons (Fsp3) is 0.265. The zero-order valence-electron chi connectivity index (χ0n) is 25.7. The van der Waals surface area contributed by atoms with Gasteiger partial charge in [-0.2, -0.15) is 0 Å². The number of ether oxygens (including phenoxy) is 5. The second-order valence-electron chi connectivity index (χ2n) is 10.1. The number of hydrogen-bond donors (Lipinski definition) is 0. The first-order valence-electron chi connectivity index (χ1n) is 14.4. The zero-order chi connectivity index (χ0) is 32.8. The van der Waals surface area contributed by atoms with E-state index in [0.29, 0.717) is 55.0 Å². The molecule has 0 unspecified atom stereocenters. The van der Waals surface area contributed by atoms with Crippen LogP contribution in [-0.2, 0) is 20.9 Å². The third kappa shape index (κ3) is 7.07. The van der Waals surface area contributed by atoms with Gasteiger partial charge < -0.3 is 23.7 Å². The highest BCUT2D eigenvalue weighted by molar-refractivity contribution is 9.10. The van der Waals surface area contributed by atoms with Gasteiger partial charge in [0.25, 0.3) is 5.56 Å². The summed E-state index contributed by atoms with van der Waals surface area (Å²) in [6, 6.07) is 17.5. The molecule has 1 atom stereocenters. The number of rotatable bonds is 12. The third-order valence-corrected chi connectivity index (χ3v) is 9.02. The number of allylic oxidation sites excluding steroid dienone is 1. The molecule has 0 spiro atoms. The van der Waals surface area contributed by atoms with Crippen LogP contribution in [0, 0.1) is 0 Å². The van der Waals surface area contributed by atoms with Crippen molar-refractivity contribution in [2.45, 2.75) is 26.5 Å². The van der Waals surface area contributed by atoms with E-state index in [1.54, 1.807) is 25.1 Å². The maximum atomic E-state index is 14.3. The molecule has 3 aromatic carbocycles. The molecule has 0 radical (unpaired) electrons. The van der Waals surface area contributed by atoms with E-state index in [1.807, 2.05) is 55.5 Å². The van der Waals surface area contributed by atoms with Gasteiger partial charge in [0.15, 0.2) is 16.3 Å². The van der Waals surface area contributed by atoms with E-state index < -0.39 is 12.0 Å². The maximum absolute atomic E-state index is 14.3. The zero-order valence-corrected chi connectivity index (χ0v) is 28.8. The second-order valence-corrected chi connectivity index (χ2v) is 12.4. The number of hydrogen-bond acceptors (Lipinski definition) is 9. The molecule has 0 amide bonds. The minimum atomic E-state index is -0.899. The van der Waals surface area contributed by atoms with Gasteiger partial charge in [-0.25, -0.2) is 9.79 Å². The number of halogens is 2. The van der Waals surface area contributed by atoms with E-state index in [1.165, 1.54) is 30.1 Å². The molecule has 12 heteroatoms. The van der Waals surface area contributed by atoms with E-state index >= 15 is 0 Å². The van der Waals surface area contributed by atoms with Crippen LogP contribution in [-0.4, -0.2) is 44.6 Å². The quantitative estimate of drug-likeness (QED) is 0.134. The second kappa shape index (κ2) is 15.1. The number of fused-ring (bicyclic) bond motifs is 1. The smallest absolute Gasteiger partial charge is 0.338 e. The molecule has 0 saturated heterocycles. The van der Waals surface area contributed by atoms with Gasteiger partial charge in [0.2, 0.25) is 0 Å². The van der Waals surface area contributed by atoms with Crippen LogP contribution in [0.1, 0.15) is 36.6 Å². The summed E-state index contributed by atoms with van der Waals surface area (Å²) in [5.41, 5.74) is 2.38. The molecule has 240 valence electrons. The lowest BCUT2D eigenvalue weighted by molar-refractivity contribution is -0.140. The molecule has 0 bridgehead atoms. The van der Waals surface area contributed by atoms with Gasteiger partial charge in [-0.15, -0.1) is 0 Å². The van der Waals surface area contributed by atoms with Crippen molar-refractivity contribution in [2.24, 2.45) is 4.99 Å². The molecular weight excluding hydrogens is 696 g/mol. The van der Waals surface area contributed by atoms with Crippen molar-refractivity contribution in [3.8, 4) is 17.2 Å². The van der Waals surface area contributed by atoms with Crippen molar-refractivity contribution in [1.82, 2.24) is 4.57 Å². The number of carbonyl (C=O) groups is 1. The first kappa shape index (κ1) is 33.5. The van der Waals surface area contributed by atoms with Crippen LogP contribution in [0.15, 0.2) is 86.2 Å². The van der Waals surface area contributed by atoms with Gasteiger partial charge in [-0.05, 0) is 50.3 Å². The topological polar surface area (TPSA) is 97.6 Å². The van der Waals surface area contributed by atoms with E-state index in [-0.39, 0.29) is 31.0 Å². The Balaban J connectivity index is 1.66. The number of para-hydroxylation sites is 1. The van der Waals surface area contributed by atoms with E-state index in [2.05, 4.69) is 15.9 Å². The average molecular weight is 728 g/mol. The fourth-order valence-electron chi connectivity index (χ4n) is 5.06. The number of esters is 1. The van der Waals surface area contributed by atoms with E-state index in [9.17, 15) is 9.59 Å². The molecule has 46 heavy (non-hydrogen) atoms. The van der Waals surface area contributed by atoms with Crippen molar-refractivity contribution < 1.29 is 28.5 Å². The minimum Gasteiger partial charge on any atom is -0.493 e. The Kier molecular flexibility index (Phi) is 11.0. The number of benzene rings is 3. The number of aromatic nitrogens is 1. The van der Waals surface area contributed by atoms with Gasteiger partial charge in [0.05, 0.1) is 36.1 Å². The van der Waals surface area contributed by atoms with Crippen LogP contribution in [0.2, 0.25) is 5.02 Å². The molecule has 0 N–H and O–H groups in total. The number of methoxy groups -OCH3 is 2.